The summed E-state index contributed by atoms with van der Waals surface area (Å²) in [6.45, 7) is 4.75. The molecule has 0 saturated heterocycles. The van der Waals surface area contributed by atoms with Crippen LogP contribution in [-0.2, 0) is 11.2 Å². The van der Waals surface area contributed by atoms with Gasteiger partial charge in [0.25, 0.3) is 0 Å². The average Bonchev–Trinajstić information content (AvgIpc) is 3.00. The van der Waals surface area contributed by atoms with Gasteiger partial charge in [0.1, 0.15) is 11.9 Å². The SMILES string of the molecule is CC(C)CCC(=O)NC[C@H]1Cc2cc(Cl)cc(-c3ccncc3)c2O1. The fraction of sp³-hybridized carbons (Fsp3) is 0.400. The topological polar surface area (TPSA) is 51.2 Å². The van der Waals surface area contributed by atoms with Gasteiger partial charge in [-0.2, -0.15) is 0 Å². The molecular formula is C20H23ClN2O2. The third kappa shape index (κ3) is 4.51. The van der Waals surface area contributed by atoms with E-state index in [1.165, 1.54) is 0 Å². The van der Waals surface area contributed by atoms with Crippen molar-refractivity contribution in [1.29, 1.82) is 0 Å². The molecule has 0 radical (unpaired) electrons. The van der Waals surface area contributed by atoms with Crippen LogP contribution in [0.15, 0.2) is 36.7 Å². The number of pyridine rings is 1. The van der Waals surface area contributed by atoms with Crippen molar-refractivity contribution >= 4 is 17.5 Å². The standard InChI is InChI=1S/C20H23ClN2O2/c1-13(2)3-4-19(24)23-12-17-10-15-9-16(21)11-18(20(15)25-17)14-5-7-22-8-6-14/h5-9,11,13,17H,3-4,10,12H2,1-2H3,(H,23,24)/t17-/m1/s1. The maximum atomic E-state index is 11.9. The molecule has 25 heavy (non-hydrogen) atoms. The number of nitrogens with one attached hydrogen (secondary N) is 1. The first kappa shape index (κ1) is 17.7. The molecule has 0 spiro atoms. The quantitative estimate of drug-likeness (QED) is 0.839. The van der Waals surface area contributed by atoms with E-state index < -0.39 is 0 Å². The molecule has 1 aromatic heterocycles. The Hall–Kier alpha value is -2.07. The van der Waals surface area contributed by atoms with Gasteiger partial charge in [-0.05, 0) is 42.2 Å². The zero-order valence-corrected chi connectivity index (χ0v) is 15.3. The van der Waals surface area contributed by atoms with Crippen LogP contribution in [0.25, 0.3) is 11.1 Å². The molecule has 0 aliphatic carbocycles. The van der Waals surface area contributed by atoms with Crippen LogP contribution in [0.2, 0.25) is 5.02 Å². The second-order valence-corrected chi connectivity index (χ2v) is 7.29. The number of ether oxygens (including phenoxy) is 1. The molecule has 5 heteroatoms. The van der Waals surface area contributed by atoms with Crippen molar-refractivity contribution in [2.75, 3.05) is 6.54 Å². The van der Waals surface area contributed by atoms with Gasteiger partial charge in [0.2, 0.25) is 5.91 Å². The molecule has 132 valence electrons. The number of aromatic nitrogens is 1. The van der Waals surface area contributed by atoms with Crippen LogP contribution in [0.3, 0.4) is 0 Å². The maximum Gasteiger partial charge on any atom is 0.220 e. The summed E-state index contributed by atoms with van der Waals surface area (Å²) in [6.07, 6.45) is 5.66. The van der Waals surface area contributed by atoms with Crippen molar-refractivity contribution in [2.45, 2.75) is 39.2 Å². The number of halogens is 1. The highest BCUT2D eigenvalue weighted by molar-refractivity contribution is 6.31. The largest absolute Gasteiger partial charge is 0.487 e. The summed E-state index contributed by atoms with van der Waals surface area (Å²) < 4.78 is 6.13. The molecule has 1 amide bonds. The summed E-state index contributed by atoms with van der Waals surface area (Å²) in [6, 6.07) is 7.74. The molecule has 2 aromatic rings. The molecule has 1 aromatic carbocycles. The van der Waals surface area contributed by atoms with Gasteiger partial charge < -0.3 is 10.1 Å². The molecule has 2 heterocycles. The minimum absolute atomic E-state index is 0.0583. The molecule has 1 atom stereocenters. The molecule has 0 saturated carbocycles. The summed E-state index contributed by atoms with van der Waals surface area (Å²) in [5.74, 6) is 1.47. The van der Waals surface area contributed by atoms with Crippen molar-refractivity contribution < 1.29 is 9.53 Å². The van der Waals surface area contributed by atoms with E-state index >= 15 is 0 Å². The second kappa shape index (κ2) is 7.87. The summed E-state index contributed by atoms with van der Waals surface area (Å²) in [4.78, 5) is 16.0. The number of carbonyl (C=O) groups is 1. The van der Waals surface area contributed by atoms with Gasteiger partial charge in [-0.3, -0.25) is 9.78 Å². The highest BCUT2D eigenvalue weighted by Crippen LogP contribution is 2.40. The first-order valence-corrected chi connectivity index (χ1v) is 9.07. The normalized spacial score (nSPS) is 15.8. The zero-order chi connectivity index (χ0) is 17.8. The molecule has 3 rings (SSSR count). The Bertz CT molecular complexity index is 747. The minimum atomic E-state index is -0.0583. The molecule has 1 aliphatic rings. The van der Waals surface area contributed by atoms with Gasteiger partial charge in [-0.25, -0.2) is 0 Å². The fourth-order valence-electron chi connectivity index (χ4n) is 2.99. The molecule has 0 unspecified atom stereocenters. The lowest BCUT2D eigenvalue weighted by molar-refractivity contribution is -0.121. The smallest absolute Gasteiger partial charge is 0.220 e. The molecule has 0 fully saturated rings. The summed E-state index contributed by atoms with van der Waals surface area (Å²) in [7, 11) is 0. The predicted octanol–water partition coefficient (Wildman–Crippen LogP) is 4.26. The number of carbonyl (C=O) groups excluding carboxylic acids is 1. The lowest BCUT2D eigenvalue weighted by Gasteiger charge is -2.14. The number of fused-ring (bicyclic) bond motifs is 1. The van der Waals surface area contributed by atoms with Gasteiger partial charge in [0.05, 0.1) is 6.54 Å². The molecular weight excluding hydrogens is 336 g/mol. The number of hydrogen-bond acceptors (Lipinski definition) is 3. The first-order chi connectivity index (χ1) is 12.0. The predicted molar refractivity (Wildman–Crippen MR) is 99.9 cm³/mol. The molecule has 1 aliphatic heterocycles. The van der Waals surface area contributed by atoms with Gasteiger partial charge in [0.15, 0.2) is 0 Å². The van der Waals surface area contributed by atoms with E-state index in [0.717, 1.165) is 35.3 Å². The van der Waals surface area contributed by atoms with Crippen LogP contribution in [0.1, 0.15) is 32.3 Å². The Morgan fingerprint density at radius 3 is 2.84 bits per heavy atom. The van der Waals surface area contributed by atoms with E-state index in [9.17, 15) is 4.79 Å². The van der Waals surface area contributed by atoms with Gasteiger partial charge in [-0.15, -0.1) is 0 Å². The van der Waals surface area contributed by atoms with Gasteiger partial charge in [0, 0.05) is 41.4 Å². The van der Waals surface area contributed by atoms with Crippen LogP contribution in [0.5, 0.6) is 5.75 Å². The van der Waals surface area contributed by atoms with Crippen LogP contribution in [0, 0.1) is 5.92 Å². The Morgan fingerprint density at radius 2 is 2.12 bits per heavy atom. The van der Waals surface area contributed by atoms with Gasteiger partial charge in [-0.1, -0.05) is 25.4 Å². The third-order valence-electron chi connectivity index (χ3n) is 4.33. The number of benzene rings is 1. The van der Waals surface area contributed by atoms with Crippen LogP contribution in [-0.4, -0.2) is 23.5 Å². The van der Waals surface area contributed by atoms with E-state index in [0.29, 0.717) is 23.9 Å². The Balaban J connectivity index is 1.68. The third-order valence-corrected chi connectivity index (χ3v) is 4.55. The number of hydrogen-bond donors (Lipinski definition) is 1. The van der Waals surface area contributed by atoms with E-state index in [4.69, 9.17) is 16.3 Å². The Labute approximate surface area is 153 Å². The molecule has 4 nitrogen and oxygen atoms in total. The molecule has 0 bridgehead atoms. The lowest BCUT2D eigenvalue weighted by atomic mass is 10.0. The van der Waals surface area contributed by atoms with E-state index in [-0.39, 0.29) is 12.0 Å². The van der Waals surface area contributed by atoms with Gasteiger partial charge >= 0.3 is 0 Å². The zero-order valence-electron chi connectivity index (χ0n) is 14.6. The highest BCUT2D eigenvalue weighted by Gasteiger charge is 2.27. The lowest BCUT2D eigenvalue weighted by Crippen LogP contribution is -2.34. The van der Waals surface area contributed by atoms with E-state index in [2.05, 4.69) is 24.1 Å². The second-order valence-electron chi connectivity index (χ2n) is 6.86. The Kier molecular flexibility index (Phi) is 5.59. The first-order valence-electron chi connectivity index (χ1n) is 8.69. The minimum Gasteiger partial charge on any atom is -0.487 e. The number of nitrogens with zero attached hydrogens (tertiary/aromatic N) is 1. The van der Waals surface area contributed by atoms with Crippen molar-refractivity contribution in [3.05, 3.63) is 47.2 Å². The van der Waals surface area contributed by atoms with Crippen LogP contribution in [0.4, 0.5) is 0 Å². The van der Waals surface area contributed by atoms with Crippen molar-refractivity contribution in [1.82, 2.24) is 10.3 Å². The summed E-state index contributed by atoms with van der Waals surface area (Å²) in [5, 5.41) is 3.67. The van der Waals surface area contributed by atoms with Crippen LogP contribution < -0.4 is 10.1 Å². The Morgan fingerprint density at radius 1 is 1.36 bits per heavy atom. The van der Waals surface area contributed by atoms with Crippen molar-refractivity contribution in [2.24, 2.45) is 5.92 Å². The maximum absolute atomic E-state index is 11.9. The van der Waals surface area contributed by atoms with Crippen molar-refractivity contribution in [3.8, 4) is 16.9 Å². The van der Waals surface area contributed by atoms with Crippen molar-refractivity contribution in [3.63, 3.8) is 0 Å². The highest BCUT2D eigenvalue weighted by atomic mass is 35.5. The number of amides is 1. The molecule has 1 N–H and O–H groups in total. The summed E-state index contributed by atoms with van der Waals surface area (Å²) >= 11 is 6.28. The van der Waals surface area contributed by atoms with E-state index in [1.807, 2.05) is 24.3 Å². The monoisotopic (exact) mass is 358 g/mol. The number of rotatable bonds is 6. The fourth-order valence-corrected chi connectivity index (χ4v) is 3.23. The van der Waals surface area contributed by atoms with Crippen LogP contribution >= 0.6 is 11.6 Å². The average molecular weight is 359 g/mol. The summed E-state index contributed by atoms with van der Waals surface area (Å²) in [5.41, 5.74) is 3.08. The van der Waals surface area contributed by atoms with E-state index in [1.54, 1.807) is 12.4 Å².